The van der Waals surface area contributed by atoms with E-state index in [-0.39, 0.29) is 30.7 Å². The number of hydrogen-bond donors (Lipinski definition) is 0. The molecule has 0 atom stereocenters. The maximum absolute atomic E-state index is 12.2. The highest BCUT2D eigenvalue weighted by Crippen LogP contribution is 2.23. The van der Waals surface area contributed by atoms with Gasteiger partial charge in [0.25, 0.3) is 17.5 Å². The van der Waals surface area contributed by atoms with Crippen LogP contribution in [0.4, 0.5) is 5.69 Å². The molecular weight excluding hydrogens is 336 g/mol. The minimum Gasteiger partial charge on any atom is -0.481 e. The number of nitro benzene ring substituents is 1. The molecule has 2 aromatic carbocycles. The number of benzene rings is 2. The van der Waals surface area contributed by atoms with Crippen LogP contribution in [0.3, 0.4) is 0 Å². The van der Waals surface area contributed by atoms with Crippen molar-refractivity contribution in [2.75, 3.05) is 13.2 Å². The fourth-order valence-electron chi connectivity index (χ4n) is 2.61. The Morgan fingerprint density at radius 3 is 2.31 bits per heavy atom. The van der Waals surface area contributed by atoms with E-state index in [1.54, 1.807) is 37.3 Å². The number of imide groups is 1. The molecule has 3 rings (SSSR count). The first-order valence-corrected chi connectivity index (χ1v) is 7.78. The topological polar surface area (TPSA) is 89.8 Å². The van der Waals surface area contributed by atoms with Gasteiger partial charge in [0.1, 0.15) is 12.4 Å². The third-order valence-electron chi connectivity index (χ3n) is 3.92. The second-order valence-electron chi connectivity index (χ2n) is 5.59. The zero-order valence-corrected chi connectivity index (χ0v) is 13.9. The van der Waals surface area contributed by atoms with Crippen LogP contribution < -0.4 is 4.74 Å². The molecule has 7 heteroatoms. The number of carbonyl (C=O) groups is 2. The van der Waals surface area contributed by atoms with Crippen molar-refractivity contribution in [3.63, 3.8) is 0 Å². The van der Waals surface area contributed by atoms with Crippen molar-refractivity contribution >= 4 is 17.5 Å². The van der Waals surface area contributed by atoms with E-state index >= 15 is 0 Å². The number of nitro groups is 1. The Morgan fingerprint density at radius 1 is 1.08 bits per heavy atom. The van der Waals surface area contributed by atoms with Crippen LogP contribution in [0.25, 0.3) is 0 Å². The minimum absolute atomic E-state index is 0.0189. The number of fused-ring (bicyclic) bond motifs is 1. The summed E-state index contributed by atoms with van der Waals surface area (Å²) in [6, 6.07) is 11.1. The average molecular weight is 350 g/mol. The molecule has 0 aromatic heterocycles. The molecule has 0 radical (unpaired) electrons. The second kappa shape index (κ2) is 7.07. The monoisotopic (exact) mass is 350 g/mol. The number of amides is 2. The van der Waals surface area contributed by atoms with Gasteiger partial charge in [-0.2, -0.15) is 0 Å². The summed E-state index contributed by atoms with van der Waals surface area (Å²) < 4.78 is 5.42. The summed E-state index contributed by atoms with van der Waals surface area (Å²) in [4.78, 5) is 35.7. The molecule has 2 amide bonds. The van der Waals surface area contributed by atoms with Crippen molar-refractivity contribution in [1.29, 1.82) is 0 Å². The van der Waals surface area contributed by atoms with Crippen LogP contribution in [0.1, 0.15) is 26.3 Å². The van der Waals surface area contributed by atoms with E-state index in [2.05, 4.69) is 11.8 Å². The highest BCUT2D eigenvalue weighted by Gasteiger charge is 2.34. The zero-order chi connectivity index (χ0) is 18.7. The second-order valence-corrected chi connectivity index (χ2v) is 5.59. The van der Waals surface area contributed by atoms with Crippen molar-refractivity contribution in [1.82, 2.24) is 4.90 Å². The summed E-state index contributed by atoms with van der Waals surface area (Å²) in [5.41, 5.74) is 1.29. The van der Waals surface area contributed by atoms with Gasteiger partial charge in [-0.25, -0.2) is 0 Å². The fourth-order valence-corrected chi connectivity index (χ4v) is 2.61. The Labute approximate surface area is 149 Å². The highest BCUT2D eigenvalue weighted by molar-refractivity contribution is 6.21. The summed E-state index contributed by atoms with van der Waals surface area (Å²) >= 11 is 0. The van der Waals surface area contributed by atoms with Gasteiger partial charge < -0.3 is 4.74 Å². The standard InChI is InChI=1S/C19H14N2O5/c1-13-12-14(8-9-17(13)21(24)25)26-11-5-4-10-20-18(22)15-6-2-3-7-16(15)19(20)23/h2-3,6-9,12H,10-11H2,1H3. The lowest BCUT2D eigenvalue weighted by atomic mass is 10.1. The molecule has 7 nitrogen and oxygen atoms in total. The van der Waals surface area contributed by atoms with Gasteiger partial charge in [-0.15, -0.1) is 0 Å². The molecule has 130 valence electrons. The third-order valence-corrected chi connectivity index (χ3v) is 3.92. The van der Waals surface area contributed by atoms with Crippen molar-refractivity contribution in [2.24, 2.45) is 0 Å². The van der Waals surface area contributed by atoms with Crippen LogP contribution >= 0.6 is 0 Å². The van der Waals surface area contributed by atoms with Crippen molar-refractivity contribution in [3.05, 3.63) is 69.3 Å². The summed E-state index contributed by atoms with van der Waals surface area (Å²) in [5.74, 6) is 5.22. The molecule has 1 aliphatic rings. The molecule has 0 N–H and O–H groups in total. The van der Waals surface area contributed by atoms with Gasteiger partial charge in [0.2, 0.25) is 0 Å². The van der Waals surface area contributed by atoms with Crippen molar-refractivity contribution in [3.8, 4) is 17.6 Å². The lowest BCUT2D eigenvalue weighted by molar-refractivity contribution is -0.385. The summed E-state index contributed by atoms with van der Waals surface area (Å²) in [7, 11) is 0. The van der Waals surface area contributed by atoms with Gasteiger partial charge in [0.15, 0.2) is 0 Å². The van der Waals surface area contributed by atoms with E-state index in [0.717, 1.165) is 4.90 Å². The van der Waals surface area contributed by atoms with Crippen molar-refractivity contribution < 1.29 is 19.2 Å². The maximum Gasteiger partial charge on any atom is 0.272 e. The first kappa shape index (κ1) is 17.2. The van der Waals surface area contributed by atoms with Crippen LogP contribution in [-0.2, 0) is 0 Å². The Hall–Kier alpha value is -3.66. The average Bonchev–Trinajstić information content (AvgIpc) is 2.86. The summed E-state index contributed by atoms with van der Waals surface area (Å²) in [6.07, 6.45) is 0. The van der Waals surface area contributed by atoms with Crippen LogP contribution in [0.2, 0.25) is 0 Å². The molecule has 1 heterocycles. The van der Waals surface area contributed by atoms with Crippen LogP contribution in [0.5, 0.6) is 5.75 Å². The highest BCUT2D eigenvalue weighted by atomic mass is 16.6. The number of rotatable bonds is 4. The Balaban J connectivity index is 1.57. The molecule has 0 unspecified atom stereocenters. The van der Waals surface area contributed by atoms with Crippen LogP contribution in [0.15, 0.2) is 42.5 Å². The molecule has 26 heavy (non-hydrogen) atoms. The molecular formula is C19H14N2O5. The van der Waals surface area contributed by atoms with E-state index in [4.69, 9.17) is 4.74 Å². The normalized spacial score (nSPS) is 12.4. The molecule has 2 aromatic rings. The largest absolute Gasteiger partial charge is 0.481 e. The lowest BCUT2D eigenvalue weighted by Crippen LogP contribution is -2.30. The molecule has 0 saturated carbocycles. The lowest BCUT2D eigenvalue weighted by Gasteiger charge is -2.08. The van der Waals surface area contributed by atoms with Crippen molar-refractivity contribution in [2.45, 2.75) is 6.92 Å². The van der Waals surface area contributed by atoms with Gasteiger partial charge >= 0.3 is 0 Å². The number of nitrogens with zero attached hydrogens (tertiary/aromatic N) is 2. The third kappa shape index (κ3) is 3.26. The van der Waals surface area contributed by atoms with E-state index in [9.17, 15) is 19.7 Å². The zero-order valence-electron chi connectivity index (χ0n) is 13.9. The van der Waals surface area contributed by atoms with E-state index in [0.29, 0.717) is 22.4 Å². The Morgan fingerprint density at radius 2 is 1.73 bits per heavy atom. The summed E-state index contributed by atoms with van der Waals surface area (Å²) in [5, 5.41) is 10.8. The molecule has 0 aliphatic carbocycles. The number of carbonyl (C=O) groups excluding carboxylic acids is 2. The summed E-state index contributed by atoms with van der Waals surface area (Å²) in [6.45, 7) is 1.65. The molecule has 0 saturated heterocycles. The van der Waals surface area contributed by atoms with Gasteiger partial charge in [-0.1, -0.05) is 24.0 Å². The van der Waals surface area contributed by atoms with Gasteiger partial charge in [0.05, 0.1) is 22.6 Å². The Bertz CT molecular complexity index is 936. The first-order valence-electron chi connectivity index (χ1n) is 7.78. The predicted octanol–water partition coefficient (Wildman–Crippen LogP) is 2.58. The van der Waals surface area contributed by atoms with Crippen LogP contribution in [-0.4, -0.2) is 34.8 Å². The van der Waals surface area contributed by atoms with Gasteiger partial charge in [-0.3, -0.25) is 24.6 Å². The quantitative estimate of drug-likeness (QED) is 0.366. The molecule has 0 spiro atoms. The SMILES string of the molecule is Cc1cc(OCC#CCN2C(=O)c3ccccc3C2=O)ccc1[N+](=O)[O-]. The maximum atomic E-state index is 12.2. The minimum atomic E-state index is -0.457. The number of ether oxygens (including phenoxy) is 1. The molecule has 1 aliphatic heterocycles. The first-order chi connectivity index (χ1) is 12.5. The van der Waals surface area contributed by atoms with E-state index in [1.165, 1.54) is 12.1 Å². The fraction of sp³-hybridized carbons (Fsp3) is 0.158. The van der Waals surface area contributed by atoms with E-state index < -0.39 is 4.92 Å². The van der Waals surface area contributed by atoms with Crippen LogP contribution in [0, 0.1) is 28.9 Å². The molecule has 0 fully saturated rings. The van der Waals surface area contributed by atoms with Gasteiger partial charge in [-0.05, 0) is 31.2 Å². The van der Waals surface area contributed by atoms with Gasteiger partial charge in [0, 0.05) is 11.6 Å². The van der Waals surface area contributed by atoms with E-state index in [1.807, 2.05) is 0 Å². The number of hydrogen-bond acceptors (Lipinski definition) is 5. The smallest absolute Gasteiger partial charge is 0.272 e. The molecule has 0 bridgehead atoms. The predicted molar refractivity (Wildman–Crippen MR) is 92.9 cm³/mol. The Kier molecular flexibility index (Phi) is 4.67. The number of aryl methyl sites for hydroxylation is 1.